The first-order valence-corrected chi connectivity index (χ1v) is 8.38. The fourth-order valence-corrected chi connectivity index (χ4v) is 2.96. The van der Waals surface area contributed by atoms with Crippen LogP contribution in [0, 0.1) is 0 Å². The van der Waals surface area contributed by atoms with Gasteiger partial charge in [-0.2, -0.15) is 4.98 Å². The zero-order valence-electron chi connectivity index (χ0n) is 13.7. The Morgan fingerprint density at radius 1 is 1.24 bits per heavy atom. The first kappa shape index (κ1) is 19.4. The Morgan fingerprint density at radius 3 is 2.76 bits per heavy atom. The molecule has 1 aromatic carbocycles. The molecule has 134 valence electrons. The average Bonchev–Trinajstić information content (AvgIpc) is 3.21. The van der Waals surface area contributed by atoms with Crippen molar-refractivity contribution in [1.29, 1.82) is 0 Å². The Hall–Kier alpha value is -1.94. The van der Waals surface area contributed by atoms with Crippen LogP contribution < -0.4 is 5.73 Å². The monoisotopic (exact) mass is 382 g/mol. The molecule has 3 rings (SSSR count). The highest BCUT2D eigenvalue weighted by Gasteiger charge is 2.14. The molecule has 0 aliphatic heterocycles. The molecule has 2 heterocycles. The molecular formula is C15H19ClN6O2S. The van der Waals surface area contributed by atoms with Crippen molar-refractivity contribution in [3.05, 3.63) is 53.4 Å². The van der Waals surface area contributed by atoms with Gasteiger partial charge in [-0.05, 0) is 5.56 Å². The third kappa shape index (κ3) is 5.02. The van der Waals surface area contributed by atoms with Gasteiger partial charge in [0.25, 0.3) is 0 Å². The summed E-state index contributed by atoms with van der Waals surface area (Å²) in [6.07, 6.45) is 0. The summed E-state index contributed by atoms with van der Waals surface area (Å²) in [6.45, 7) is 1.33. The fraction of sp³-hybridized carbons (Fsp3) is 0.333. The van der Waals surface area contributed by atoms with Crippen LogP contribution in [-0.4, -0.2) is 32.0 Å². The Morgan fingerprint density at radius 2 is 2.04 bits per heavy atom. The number of nitrogens with zero attached hydrogens (tertiary/aromatic N) is 5. The fourth-order valence-electron chi connectivity index (χ4n) is 2.16. The first-order chi connectivity index (χ1) is 11.8. The molecule has 10 heteroatoms. The summed E-state index contributed by atoms with van der Waals surface area (Å²) in [7, 11) is 1.59. The number of aromatic nitrogens is 5. The maximum Gasteiger partial charge on any atom is 0.237 e. The number of hydrogen-bond acceptors (Lipinski definition) is 8. The largest absolute Gasteiger partial charge is 0.377 e. The number of hydrogen-bond donors (Lipinski definition) is 1. The summed E-state index contributed by atoms with van der Waals surface area (Å²) in [5.41, 5.74) is 6.94. The lowest BCUT2D eigenvalue weighted by molar-refractivity contribution is 0.174. The van der Waals surface area contributed by atoms with Crippen molar-refractivity contribution in [1.82, 2.24) is 24.9 Å². The molecule has 0 spiro atoms. The number of halogens is 1. The molecule has 2 N–H and O–H groups in total. The maximum atomic E-state index is 5.77. The van der Waals surface area contributed by atoms with Crippen molar-refractivity contribution in [3.8, 4) is 0 Å². The second-order valence-electron chi connectivity index (χ2n) is 5.00. The lowest BCUT2D eigenvalue weighted by Crippen LogP contribution is -2.10. The van der Waals surface area contributed by atoms with Crippen LogP contribution in [0.1, 0.15) is 23.1 Å². The van der Waals surface area contributed by atoms with E-state index in [2.05, 4.69) is 32.5 Å². The van der Waals surface area contributed by atoms with Crippen LogP contribution in [0.4, 0.5) is 0 Å². The molecule has 0 bridgehead atoms. The lowest BCUT2D eigenvalue weighted by atomic mass is 10.2. The number of ether oxygens (including phenoxy) is 1. The number of nitrogens with two attached hydrogens (primary N) is 1. The quantitative estimate of drug-likeness (QED) is 0.590. The molecular weight excluding hydrogens is 364 g/mol. The highest BCUT2D eigenvalue weighted by atomic mass is 35.5. The summed E-state index contributed by atoms with van der Waals surface area (Å²) < 4.78 is 12.2. The molecule has 0 amide bonds. The molecule has 0 aliphatic rings. The van der Waals surface area contributed by atoms with E-state index in [0.29, 0.717) is 37.2 Å². The van der Waals surface area contributed by atoms with Crippen molar-refractivity contribution in [2.45, 2.75) is 30.6 Å². The number of thioether (sulfide) groups is 1. The topological polar surface area (TPSA) is 105 Å². The summed E-state index contributed by atoms with van der Waals surface area (Å²) in [5.74, 6) is 2.30. The SMILES string of the molecule is COCc1noc(CSc2nnc(CN)n2Cc2ccccc2)n1.Cl. The molecule has 25 heavy (non-hydrogen) atoms. The van der Waals surface area contributed by atoms with Crippen molar-refractivity contribution in [3.63, 3.8) is 0 Å². The summed E-state index contributed by atoms with van der Waals surface area (Å²) in [4.78, 5) is 4.25. The highest BCUT2D eigenvalue weighted by molar-refractivity contribution is 7.98. The zero-order valence-corrected chi connectivity index (χ0v) is 15.3. The van der Waals surface area contributed by atoms with Gasteiger partial charge < -0.3 is 19.6 Å². The molecule has 0 atom stereocenters. The van der Waals surface area contributed by atoms with Crippen LogP contribution in [0.3, 0.4) is 0 Å². The summed E-state index contributed by atoms with van der Waals surface area (Å²) in [5, 5.41) is 13.0. The van der Waals surface area contributed by atoms with Crippen LogP contribution in [0.25, 0.3) is 0 Å². The lowest BCUT2D eigenvalue weighted by Gasteiger charge is -2.08. The standard InChI is InChI=1S/C15H18N6O2S.ClH/c1-22-9-12-17-14(23-20-12)10-24-15-19-18-13(7-16)21(15)8-11-5-3-2-4-6-11;/h2-6H,7-10,16H2,1H3;1H. The van der Waals surface area contributed by atoms with E-state index in [9.17, 15) is 0 Å². The normalized spacial score (nSPS) is 10.6. The van der Waals surface area contributed by atoms with E-state index in [1.807, 2.05) is 22.8 Å². The minimum Gasteiger partial charge on any atom is -0.377 e. The number of rotatable bonds is 8. The number of methoxy groups -OCH3 is 1. The van der Waals surface area contributed by atoms with E-state index in [4.69, 9.17) is 15.0 Å². The first-order valence-electron chi connectivity index (χ1n) is 7.39. The summed E-state index contributed by atoms with van der Waals surface area (Å²) in [6, 6.07) is 10.1. The van der Waals surface area contributed by atoms with Gasteiger partial charge in [-0.3, -0.25) is 0 Å². The van der Waals surface area contributed by atoms with Crippen LogP contribution in [0.5, 0.6) is 0 Å². The summed E-state index contributed by atoms with van der Waals surface area (Å²) >= 11 is 1.48. The van der Waals surface area contributed by atoms with E-state index in [0.717, 1.165) is 16.5 Å². The molecule has 0 saturated heterocycles. The van der Waals surface area contributed by atoms with E-state index in [-0.39, 0.29) is 12.4 Å². The molecule has 0 saturated carbocycles. The van der Waals surface area contributed by atoms with E-state index in [1.54, 1.807) is 7.11 Å². The van der Waals surface area contributed by atoms with Crippen LogP contribution in [-0.2, 0) is 30.2 Å². The molecule has 8 nitrogen and oxygen atoms in total. The molecule has 0 unspecified atom stereocenters. The van der Waals surface area contributed by atoms with E-state index < -0.39 is 0 Å². The average molecular weight is 383 g/mol. The second kappa shape index (κ2) is 9.52. The van der Waals surface area contributed by atoms with Crippen LogP contribution in [0.15, 0.2) is 40.0 Å². The van der Waals surface area contributed by atoms with Crippen LogP contribution in [0.2, 0.25) is 0 Å². The number of benzene rings is 1. The van der Waals surface area contributed by atoms with Gasteiger partial charge in [-0.1, -0.05) is 47.3 Å². The third-order valence-corrected chi connectivity index (χ3v) is 4.22. The Labute approximate surface area is 155 Å². The molecule has 0 aliphatic carbocycles. The Bertz CT molecular complexity index is 779. The molecule has 2 aromatic heterocycles. The van der Waals surface area contributed by atoms with Crippen molar-refractivity contribution in [2.24, 2.45) is 5.73 Å². The van der Waals surface area contributed by atoms with Gasteiger partial charge in [0.2, 0.25) is 5.89 Å². The Balaban J connectivity index is 0.00000225. The minimum atomic E-state index is 0. The highest BCUT2D eigenvalue weighted by Crippen LogP contribution is 2.22. The van der Waals surface area contributed by atoms with E-state index in [1.165, 1.54) is 11.8 Å². The van der Waals surface area contributed by atoms with Crippen molar-refractivity contribution >= 4 is 24.2 Å². The predicted molar refractivity (Wildman–Crippen MR) is 95.3 cm³/mol. The second-order valence-corrected chi connectivity index (χ2v) is 5.94. The van der Waals surface area contributed by atoms with E-state index >= 15 is 0 Å². The van der Waals surface area contributed by atoms with Gasteiger partial charge in [-0.25, -0.2) is 0 Å². The third-order valence-electron chi connectivity index (χ3n) is 3.27. The molecule has 0 fully saturated rings. The van der Waals surface area contributed by atoms with Gasteiger partial charge >= 0.3 is 0 Å². The van der Waals surface area contributed by atoms with Gasteiger partial charge in [-0.15, -0.1) is 22.6 Å². The van der Waals surface area contributed by atoms with Gasteiger partial charge in [0, 0.05) is 7.11 Å². The molecule has 3 aromatic rings. The smallest absolute Gasteiger partial charge is 0.237 e. The van der Waals surface area contributed by atoms with Crippen LogP contribution >= 0.6 is 24.2 Å². The maximum absolute atomic E-state index is 5.77. The van der Waals surface area contributed by atoms with Crippen molar-refractivity contribution in [2.75, 3.05) is 7.11 Å². The van der Waals surface area contributed by atoms with Crippen molar-refractivity contribution < 1.29 is 9.26 Å². The predicted octanol–water partition coefficient (Wildman–Crippen LogP) is 2.03. The minimum absolute atomic E-state index is 0. The van der Waals surface area contributed by atoms with Gasteiger partial charge in [0.1, 0.15) is 12.4 Å². The Kier molecular flexibility index (Phi) is 7.38. The van der Waals surface area contributed by atoms with Gasteiger partial charge in [0.15, 0.2) is 11.0 Å². The zero-order chi connectivity index (χ0) is 16.8. The molecule has 0 radical (unpaired) electrons. The van der Waals surface area contributed by atoms with Gasteiger partial charge in [0.05, 0.1) is 18.8 Å².